The minimum Gasteiger partial charge on any atom is -0.465 e. The second kappa shape index (κ2) is 4.61. The summed E-state index contributed by atoms with van der Waals surface area (Å²) >= 11 is 0. The van der Waals surface area contributed by atoms with Crippen LogP contribution in [-0.4, -0.2) is 13.1 Å². The van der Waals surface area contributed by atoms with Gasteiger partial charge in [0.2, 0.25) is 0 Å². The molecule has 94 valence electrons. The first-order chi connectivity index (χ1) is 9.28. The van der Waals surface area contributed by atoms with E-state index in [2.05, 4.69) is 10.8 Å². The van der Waals surface area contributed by atoms with Crippen molar-refractivity contribution >= 4 is 16.9 Å². The fraction of sp³-hybridized carbons (Fsp3) is 0.0625. The van der Waals surface area contributed by atoms with Crippen molar-refractivity contribution in [3.63, 3.8) is 0 Å². The number of carbonyl (C=O) groups is 1. The zero-order valence-corrected chi connectivity index (χ0v) is 10.4. The van der Waals surface area contributed by atoms with E-state index < -0.39 is 0 Å². The lowest BCUT2D eigenvalue weighted by Gasteiger charge is -2.03. The van der Waals surface area contributed by atoms with Crippen molar-refractivity contribution in [2.75, 3.05) is 7.11 Å². The molecule has 2 aromatic carbocycles. The molecule has 0 aliphatic heterocycles. The van der Waals surface area contributed by atoms with E-state index in [-0.39, 0.29) is 5.97 Å². The van der Waals surface area contributed by atoms with E-state index in [9.17, 15) is 4.79 Å². The average molecular weight is 252 g/mol. The number of esters is 1. The summed E-state index contributed by atoms with van der Waals surface area (Å²) in [6, 6.07) is 15.3. The maximum Gasteiger partial charge on any atom is 0.337 e. The summed E-state index contributed by atoms with van der Waals surface area (Å²) in [6.45, 7) is 0. The molecule has 3 rings (SSSR count). The topological polar surface area (TPSA) is 39.4 Å². The summed E-state index contributed by atoms with van der Waals surface area (Å²) in [7, 11) is 1.38. The zero-order chi connectivity index (χ0) is 13.2. The lowest BCUT2D eigenvalue weighted by Crippen LogP contribution is -2.00. The standard InChI is InChI=1S/C16H12O3/c1-18-16(17)12-4-2-11(3-5-12)13-6-7-15-14(10-13)8-9-19-15/h2-10H,1H3. The highest BCUT2D eigenvalue weighted by Crippen LogP contribution is 2.25. The van der Waals surface area contributed by atoms with Gasteiger partial charge in [0.05, 0.1) is 18.9 Å². The number of hydrogen-bond acceptors (Lipinski definition) is 3. The van der Waals surface area contributed by atoms with Crippen LogP contribution in [0.5, 0.6) is 0 Å². The highest BCUT2D eigenvalue weighted by atomic mass is 16.5. The van der Waals surface area contributed by atoms with Gasteiger partial charge in [0.25, 0.3) is 0 Å². The predicted molar refractivity (Wildman–Crippen MR) is 73.0 cm³/mol. The van der Waals surface area contributed by atoms with Gasteiger partial charge in [0.15, 0.2) is 0 Å². The van der Waals surface area contributed by atoms with Crippen LogP contribution < -0.4 is 0 Å². The maximum atomic E-state index is 11.4. The minimum absolute atomic E-state index is 0.322. The first-order valence-corrected chi connectivity index (χ1v) is 5.94. The Kier molecular flexibility index (Phi) is 2.80. The van der Waals surface area contributed by atoms with Crippen molar-refractivity contribution in [3.05, 3.63) is 60.4 Å². The molecule has 0 aliphatic carbocycles. The smallest absolute Gasteiger partial charge is 0.337 e. The molecule has 0 fully saturated rings. The summed E-state index contributed by atoms with van der Waals surface area (Å²) in [6.07, 6.45) is 1.68. The van der Waals surface area contributed by atoms with Crippen LogP contribution in [0.1, 0.15) is 10.4 Å². The molecular weight excluding hydrogens is 240 g/mol. The van der Waals surface area contributed by atoms with Crippen LogP contribution in [0.3, 0.4) is 0 Å². The van der Waals surface area contributed by atoms with Crippen molar-refractivity contribution in [2.45, 2.75) is 0 Å². The molecule has 3 nitrogen and oxygen atoms in total. The van der Waals surface area contributed by atoms with E-state index in [1.807, 2.05) is 30.3 Å². The van der Waals surface area contributed by atoms with E-state index in [1.54, 1.807) is 18.4 Å². The summed E-state index contributed by atoms with van der Waals surface area (Å²) in [5.74, 6) is -0.322. The molecule has 0 saturated heterocycles. The van der Waals surface area contributed by atoms with E-state index in [0.29, 0.717) is 5.56 Å². The molecule has 0 spiro atoms. The number of fused-ring (bicyclic) bond motifs is 1. The third-order valence-electron chi connectivity index (χ3n) is 3.09. The molecule has 0 unspecified atom stereocenters. The Morgan fingerprint density at radius 2 is 1.74 bits per heavy atom. The van der Waals surface area contributed by atoms with Gasteiger partial charge < -0.3 is 9.15 Å². The summed E-state index contributed by atoms with van der Waals surface area (Å²) in [5.41, 5.74) is 3.56. The Morgan fingerprint density at radius 1 is 1.00 bits per heavy atom. The Labute approximate surface area is 110 Å². The van der Waals surface area contributed by atoms with Crippen molar-refractivity contribution in [1.82, 2.24) is 0 Å². The molecule has 3 heteroatoms. The summed E-state index contributed by atoms with van der Waals surface area (Å²) < 4.78 is 9.99. The van der Waals surface area contributed by atoms with Gasteiger partial charge >= 0.3 is 5.97 Å². The van der Waals surface area contributed by atoms with Crippen LogP contribution >= 0.6 is 0 Å². The monoisotopic (exact) mass is 252 g/mol. The van der Waals surface area contributed by atoms with Crippen LogP contribution in [0.2, 0.25) is 0 Å². The van der Waals surface area contributed by atoms with Gasteiger partial charge in [-0.2, -0.15) is 0 Å². The highest BCUT2D eigenvalue weighted by Gasteiger charge is 2.06. The number of rotatable bonds is 2. The molecule has 1 heterocycles. The molecule has 0 radical (unpaired) electrons. The van der Waals surface area contributed by atoms with Gasteiger partial charge in [-0.3, -0.25) is 0 Å². The third kappa shape index (κ3) is 2.10. The van der Waals surface area contributed by atoms with Crippen LogP contribution in [0.15, 0.2) is 59.2 Å². The molecule has 3 aromatic rings. The van der Waals surface area contributed by atoms with Crippen molar-refractivity contribution in [3.8, 4) is 11.1 Å². The number of methoxy groups -OCH3 is 1. The fourth-order valence-electron chi connectivity index (χ4n) is 2.06. The normalized spacial score (nSPS) is 10.6. The number of furan rings is 1. The SMILES string of the molecule is COC(=O)c1ccc(-c2ccc3occc3c2)cc1. The Hall–Kier alpha value is -2.55. The molecular formula is C16H12O3. The Balaban J connectivity index is 1.99. The first-order valence-electron chi connectivity index (χ1n) is 5.94. The van der Waals surface area contributed by atoms with Crippen LogP contribution in [-0.2, 0) is 4.74 Å². The predicted octanol–water partition coefficient (Wildman–Crippen LogP) is 3.89. The Bertz CT molecular complexity index is 723. The van der Waals surface area contributed by atoms with E-state index >= 15 is 0 Å². The van der Waals surface area contributed by atoms with E-state index in [4.69, 9.17) is 4.42 Å². The number of hydrogen-bond donors (Lipinski definition) is 0. The largest absolute Gasteiger partial charge is 0.465 e. The highest BCUT2D eigenvalue weighted by molar-refractivity contribution is 5.90. The number of benzene rings is 2. The number of carbonyl (C=O) groups excluding carboxylic acids is 1. The van der Waals surface area contributed by atoms with Crippen molar-refractivity contribution in [2.24, 2.45) is 0 Å². The number of ether oxygens (including phenoxy) is 1. The molecule has 1 aromatic heterocycles. The van der Waals surface area contributed by atoms with Crippen molar-refractivity contribution in [1.29, 1.82) is 0 Å². The summed E-state index contributed by atoms with van der Waals surface area (Å²) in [5, 5.41) is 1.06. The van der Waals surface area contributed by atoms with Crippen molar-refractivity contribution < 1.29 is 13.9 Å². The second-order valence-electron chi connectivity index (χ2n) is 4.24. The quantitative estimate of drug-likeness (QED) is 0.649. The first kappa shape index (κ1) is 11.5. The third-order valence-corrected chi connectivity index (χ3v) is 3.09. The molecule has 0 bridgehead atoms. The molecule has 0 atom stereocenters. The van der Waals surface area contributed by atoms with Crippen LogP contribution in [0.25, 0.3) is 22.1 Å². The van der Waals surface area contributed by atoms with Gasteiger partial charge in [-0.05, 0) is 41.5 Å². The average Bonchev–Trinajstić information content (AvgIpc) is 2.94. The molecule has 0 amide bonds. The fourth-order valence-corrected chi connectivity index (χ4v) is 2.06. The zero-order valence-electron chi connectivity index (χ0n) is 10.4. The molecule has 0 N–H and O–H groups in total. The lowest BCUT2D eigenvalue weighted by molar-refractivity contribution is 0.0601. The maximum absolute atomic E-state index is 11.4. The van der Waals surface area contributed by atoms with Crippen LogP contribution in [0, 0.1) is 0 Å². The van der Waals surface area contributed by atoms with Gasteiger partial charge in [-0.1, -0.05) is 18.2 Å². The molecule has 0 saturated carbocycles. The second-order valence-corrected chi connectivity index (χ2v) is 4.24. The lowest BCUT2D eigenvalue weighted by atomic mass is 10.0. The molecule has 0 aliphatic rings. The van der Waals surface area contributed by atoms with Gasteiger partial charge in [-0.15, -0.1) is 0 Å². The van der Waals surface area contributed by atoms with Gasteiger partial charge in [0.1, 0.15) is 5.58 Å². The van der Waals surface area contributed by atoms with Gasteiger partial charge in [0, 0.05) is 5.39 Å². The minimum atomic E-state index is -0.322. The Morgan fingerprint density at radius 3 is 2.47 bits per heavy atom. The molecule has 19 heavy (non-hydrogen) atoms. The summed E-state index contributed by atoms with van der Waals surface area (Å²) in [4.78, 5) is 11.4. The van der Waals surface area contributed by atoms with Gasteiger partial charge in [-0.25, -0.2) is 4.79 Å². The van der Waals surface area contributed by atoms with Crippen LogP contribution in [0.4, 0.5) is 0 Å². The van der Waals surface area contributed by atoms with E-state index in [1.165, 1.54) is 7.11 Å². The van der Waals surface area contributed by atoms with E-state index in [0.717, 1.165) is 22.1 Å².